The molecule has 5 unspecified atom stereocenters. The highest BCUT2D eigenvalue weighted by molar-refractivity contribution is 7.86. The molecule has 0 heterocycles. The van der Waals surface area contributed by atoms with Crippen LogP contribution in [-0.2, 0) is 48.9 Å². The van der Waals surface area contributed by atoms with Gasteiger partial charge in [-0.05, 0) is 51.2 Å². The maximum absolute atomic E-state index is 12.8. The van der Waals surface area contributed by atoms with E-state index in [1.165, 1.54) is 26.0 Å². The molecule has 0 amide bonds. The third kappa shape index (κ3) is 11.0. The average molecular weight is 551 g/mol. The zero-order valence-electron chi connectivity index (χ0n) is 21.9. The average Bonchev–Trinajstić information content (AvgIpc) is 2.75. The zero-order valence-corrected chi connectivity index (χ0v) is 23.5. The smallest absolute Gasteiger partial charge is 0.309 e. The summed E-state index contributed by atoms with van der Waals surface area (Å²) in [5, 5.41) is 0. The maximum atomic E-state index is 12.8. The van der Waals surface area contributed by atoms with E-state index in [1.54, 1.807) is 19.1 Å². The molecule has 0 aromatic heterocycles. The van der Waals surface area contributed by atoms with Crippen LogP contribution in [0.2, 0.25) is 0 Å². The van der Waals surface area contributed by atoms with Crippen molar-refractivity contribution >= 4 is 33.4 Å². The van der Waals surface area contributed by atoms with Gasteiger partial charge in [-0.15, -0.1) is 0 Å². The van der Waals surface area contributed by atoms with Gasteiger partial charge in [-0.25, -0.2) is 0 Å². The number of esters is 2. The van der Waals surface area contributed by atoms with Crippen LogP contribution in [0.25, 0.3) is 0 Å². The van der Waals surface area contributed by atoms with E-state index in [2.05, 4.69) is 4.18 Å². The maximum Gasteiger partial charge on any atom is 0.309 e. The van der Waals surface area contributed by atoms with Crippen LogP contribution in [0.4, 0.5) is 0 Å². The highest BCUT2D eigenvalue weighted by atomic mass is 32.2. The van der Waals surface area contributed by atoms with Gasteiger partial charge in [0.1, 0.15) is 25.4 Å². The second kappa shape index (κ2) is 14.2. The van der Waals surface area contributed by atoms with Gasteiger partial charge >= 0.3 is 23.3 Å². The Balaban J connectivity index is 2.76. The molecule has 0 spiro atoms. The monoisotopic (exact) mass is 550 g/mol. The Morgan fingerprint density at radius 2 is 1.61 bits per heavy atom. The fraction of sp³-hybridized carbons (Fsp3) is 0.667. The number of carbonyl (C=O) groups is 2. The Morgan fingerprint density at radius 1 is 1.03 bits per heavy atom. The molecule has 0 aliphatic rings. The number of rotatable bonds is 14. The lowest BCUT2D eigenvalue weighted by Crippen LogP contribution is -2.36. The summed E-state index contributed by atoms with van der Waals surface area (Å²) in [6, 6.07) is 6.20. The van der Waals surface area contributed by atoms with Crippen molar-refractivity contribution in [2.24, 2.45) is 17.3 Å². The van der Waals surface area contributed by atoms with Gasteiger partial charge in [0.15, 0.2) is 0 Å². The molecular formula is C24H38O10S2. The summed E-state index contributed by atoms with van der Waals surface area (Å²) < 4.78 is 64.7. The zero-order chi connectivity index (χ0) is 27.7. The van der Waals surface area contributed by atoms with Gasteiger partial charge in [0.2, 0.25) is 0 Å². The van der Waals surface area contributed by atoms with E-state index in [0.717, 1.165) is 5.56 Å². The van der Waals surface area contributed by atoms with Crippen molar-refractivity contribution in [1.29, 1.82) is 0 Å². The molecule has 0 aliphatic heterocycles. The predicted molar refractivity (Wildman–Crippen MR) is 133 cm³/mol. The predicted octanol–water partition coefficient (Wildman–Crippen LogP) is 3.80. The number of aryl methyl sites for hydroxylation is 1. The van der Waals surface area contributed by atoms with E-state index in [4.69, 9.17) is 18.2 Å². The Labute approximate surface area is 216 Å². The SMILES string of the molecule is CCC(CC(C(=O)OC(C)COS(=O)O)C(C)(C)C)C(=O)OCC(C)OS(=O)(=O)c1ccc(C)cc1. The standard InChI is InChI=1S/C24H38O10S2/c1-8-19(13-21(24(5,6)7)23(26)33-17(3)15-32-35(27)28)22(25)31-14-18(4)34-36(29,30)20-11-9-16(2)10-12-20/h9-12,17-19,21H,8,13-15H2,1-7H3,(H,27,28). The van der Waals surface area contributed by atoms with Gasteiger partial charge in [-0.2, -0.15) is 12.6 Å². The first-order chi connectivity index (χ1) is 16.6. The van der Waals surface area contributed by atoms with Crippen LogP contribution in [0.15, 0.2) is 29.2 Å². The first kappa shape index (κ1) is 32.2. The fourth-order valence-corrected chi connectivity index (χ4v) is 4.68. The molecule has 36 heavy (non-hydrogen) atoms. The summed E-state index contributed by atoms with van der Waals surface area (Å²) in [4.78, 5) is 25.6. The minimum absolute atomic E-state index is 0.00843. The molecule has 0 aliphatic carbocycles. The summed E-state index contributed by atoms with van der Waals surface area (Å²) in [6.45, 7) is 11.6. The molecule has 0 radical (unpaired) electrons. The molecule has 1 N–H and O–H groups in total. The summed E-state index contributed by atoms with van der Waals surface area (Å²) in [5.41, 5.74) is 0.354. The Morgan fingerprint density at radius 3 is 2.11 bits per heavy atom. The Hall–Kier alpha value is -1.86. The fourth-order valence-electron chi connectivity index (χ4n) is 3.31. The molecule has 1 aromatic carbocycles. The van der Waals surface area contributed by atoms with Crippen molar-refractivity contribution in [3.8, 4) is 0 Å². The van der Waals surface area contributed by atoms with Gasteiger partial charge in [-0.1, -0.05) is 45.4 Å². The quantitative estimate of drug-likeness (QED) is 0.206. The van der Waals surface area contributed by atoms with Crippen molar-refractivity contribution in [2.75, 3.05) is 13.2 Å². The van der Waals surface area contributed by atoms with E-state index in [0.29, 0.717) is 6.42 Å². The normalized spacial score (nSPS) is 16.4. The number of ether oxygens (including phenoxy) is 2. The lowest BCUT2D eigenvalue weighted by molar-refractivity contribution is -0.161. The third-order valence-electron chi connectivity index (χ3n) is 5.46. The van der Waals surface area contributed by atoms with Crippen molar-refractivity contribution < 1.29 is 44.6 Å². The van der Waals surface area contributed by atoms with Gasteiger partial charge < -0.3 is 9.47 Å². The molecule has 0 bridgehead atoms. The summed E-state index contributed by atoms with van der Waals surface area (Å²) >= 11 is -2.47. The van der Waals surface area contributed by atoms with E-state index in [-0.39, 0.29) is 24.5 Å². The lowest BCUT2D eigenvalue weighted by Gasteiger charge is -2.32. The highest BCUT2D eigenvalue weighted by Crippen LogP contribution is 2.34. The van der Waals surface area contributed by atoms with E-state index in [9.17, 15) is 22.2 Å². The molecule has 0 saturated carbocycles. The van der Waals surface area contributed by atoms with Crippen LogP contribution in [0.3, 0.4) is 0 Å². The molecule has 0 fully saturated rings. The second-order valence-electron chi connectivity index (χ2n) is 9.81. The molecule has 1 rings (SSSR count). The summed E-state index contributed by atoms with van der Waals surface area (Å²) in [7, 11) is -4.02. The summed E-state index contributed by atoms with van der Waals surface area (Å²) in [5.74, 6) is -2.45. The Bertz CT molecular complexity index is 983. The molecule has 0 saturated heterocycles. The van der Waals surface area contributed by atoms with Crippen molar-refractivity contribution in [3.63, 3.8) is 0 Å². The number of hydrogen-bond donors (Lipinski definition) is 1. The van der Waals surface area contributed by atoms with E-state index in [1.807, 2.05) is 27.7 Å². The Kier molecular flexibility index (Phi) is 12.7. The van der Waals surface area contributed by atoms with Gasteiger partial charge in [0.25, 0.3) is 10.1 Å². The van der Waals surface area contributed by atoms with E-state index < -0.39 is 62.9 Å². The number of carbonyl (C=O) groups excluding carboxylic acids is 2. The van der Waals surface area contributed by atoms with Gasteiger partial charge in [0, 0.05) is 0 Å². The van der Waals surface area contributed by atoms with Crippen LogP contribution < -0.4 is 0 Å². The molecule has 5 atom stereocenters. The van der Waals surface area contributed by atoms with Crippen LogP contribution >= 0.6 is 0 Å². The van der Waals surface area contributed by atoms with Gasteiger partial charge in [-0.3, -0.25) is 22.5 Å². The van der Waals surface area contributed by atoms with E-state index >= 15 is 0 Å². The molecule has 10 nitrogen and oxygen atoms in total. The molecule has 206 valence electrons. The second-order valence-corrected chi connectivity index (χ2v) is 12.1. The van der Waals surface area contributed by atoms with Crippen LogP contribution in [0.1, 0.15) is 59.9 Å². The van der Waals surface area contributed by atoms with Gasteiger partial charge in [0.05, 0.1) is 16.7 Å². The van der Waals surface area contributed by atoms with Crippen molar-refractivity contribution in [3.05, 3.63) is 29.8 Å². The van der Waals surface area contributed by atoms with Crippen molar-refractivity contribution in [2.45, 2.75) is 78.4 Å². The number of hydrogen-bond acceptors (Lipinski definition) is 9. The largest absolute Gasteiger partial charge is 0.463 e. The topological polar surface area (TPSA) is 142 Å². The first-order valence-corrected chi connectivity index (χ1v) is 14.1. The number of benzene rings is 1. The highest BCUT2D eigenvalue weighted by Gasteiger charge is 2.37. The molecule has 12 heteroatoms. The third-order valence-corrected chi connectivity index (χ3v) is 7.23. The first-order valence-electron chi connectivity index (χ1n) is 11.7. The van der Waals surface area contributed by atoms with Crippen molar-refractivity contribution in [1.82, 2.24) is 0 Å². The minimum atomic E-state index is -4.02. The lowest BCUT2D eigenvalue weighted by atomic mass is 9.75. The molecular weight excluding hydrogens is 512 g/mol. The van der Waals surface area contributed by atoms with Crippen LogP contribution in [0.5, 0.6) is 0 Å². The van der Waals surface area contributed by atoms with Crippen LogP contribution in [0, 0.1) is 24.2 Å². The minimum Gasteiger partial charge on any atom is -0.463 e. The summed E-state index contributed by atoms with van der Waals surface area (Å²) in [6.07, 6.45) is -1.15. The van der Waals surface area contributed by atoms with Crippen LogP contribution in [-0.4, -0.2) is 54.5 Å². The molecule has 1 aromatic rings.